The molecule has 2 aromatic heterocycles. The monoisotopic (exact) mass is 240 g/mol. The van der Waals surface area contributed by atoms with Crippen LogP contribution in [-0.4, -0.2) is 25.2 Å². The van der Waals surface area contributed by atoms with Gasteiger partial charge in [0.05, 0.1) is 5.56 Å². The van der Waals surface area contributed by atoms with Crippen molar-refractivity contribution in [3.8, 4) is 28.6 Å². The fraction of sp³-hybridized carbons (Fsp3) is 0. The van der Waals surface area contributed by atoms with Crippen LogP contribution in [0.2, 0.25) is 0 Å². The fourth-order valence-corrected chi connectivity index (χ4v) is 1.51. The molecule has 0 radical (unpaired) electrons. The Morgan fingerprint density at radius 2 is 1.89 bits per heavy atom. The van der Waals surface area contributed by atoms with Gasteiger partial charge in [-0.3, -0.25) is 0 Å². The lowest BCUT2D eigenvalue weighted by Crippen LogP contribution is -1.83. The largest absolute Gasteiger partial charge is 0.508 e. The summed E-state index contributed by atoms with van der Waals surface area (Å²) in [5, 5.41) is 13.2. The summed E-state index contributed by atoms with van der Waals surface area (Å²) in [5.41, 5.74) is 1.33. The van der Waals surface area contributed by atoms with Crippen LogP contribution in [0.3, 0.4) is 0 Å². The molecule has 0 aliphatic carbocycles. The highest BCUT2D eigenvalue weighted by Gasteiger charge is 2.11. The minimum absolute atomic E-state index is 0.155. The molecular formula is C12H8N4O2. The van der Waals surface area contributed by atoms with E-state index in [0.717, 1.165) is 0 Å². The standard InChI is InChI=1S/C12H8N4O2/c17-10-3-1-2-8(4-10)11-15-12(18-16-11)9-5-13-7-14-6-9/h1-7,17H. The zero-order valence-electron chi connectivity index (χ0n) is 9.19. The average molecular weight is 240 g/mol. The molecule has 1 N–H and O–H groups in total. The van der Waals surface area contributed by atoms with Gasteiger partial charge in [0.25, 0.3) is 5.89 Å². The van der Waals surface area contributed by atoms with Gasteiger partial charge in [0.15, 0.2) is 0 Å². The summed E-state index contributed by atoms with van der Waals surface area (Å²) >= 11 is 0. The Hall–Kier alpha value is -2.76. The van der Waals surface area contributed by atoms with Crippen LogP contribution in [0, 0.1) is 0 Å². The summed E-state index contributed by atoms with van der Waals surface area (Å²) in [6, 6.07) is 6.65. The maximum absolute atomic E-state index is 9.39. The minimum Gasteiger partial charge on any atom is -0.508 e. The highest BCUT2D eigenvalue weighted by Crippen LogP contribution is 2.23. The number of aromatic hydroxyl groups is 1. The molecule has 0 saturated heterocycles. The maximum Gasteiger partial charge on any atom is 0.261 e. The minimum atomic E-state index is 0.155. The van der Waals surface area contributed by atoms with Crippen LogP contribution in [0.25, 0.3) is 22.8 Å². The molecule has 3 rings (SSSR count). The second-order valence-corrected chi connectivity index (χ2v) is 3.60. The van der Waals surface area contributed by atoms with Gasteiger partial charge >= 0.3 is 0 Å². The van der Waals surface area contributed by atoms with E-state index in [1.54, 1.807) is 36.7 Å². The van der Waals surface area contributed by atoms with Crippen molar-refractivity contribution < 1.29 is 9.63 Å². The van der Waals surface area contributed by atoms with Crippen molar-refractivity contribution in [1.29, 1.82) is 0 Å². The van der Waals surface area contributed by atoms with Crippen LogP contribution < -0.4 is 0 Å². The van der Waals surface area contributed by atoms with Gasteiger partial charge in [-0.15, -0.1) is 0 Å². The summed E-state index contributed by atoms with van der Waals surface area (Å²) in [6.07, 6.45) is 4.61. The van der Waals surface area contributed by atoms with Gasteiger partial charge in [0.2, 0.25) is 5.82 Å². The summed E-state index contributed by atoms with van der Waals surface area (Å²) in [6.45, 7) is 0. The third kappa shape index (κ3) is 1.91. The first kappa shape index (κ1) is 10.4. The number of hydrogen-bond donors (Lipinski definition) is 1. The fourth-order valence-electron chi connectivity index (χ4n) is 1.51. The van der Waals surface area contributed by atoms with Crippen molar-refractivity contribution in [2.75, 3.05) is 0 Å². The summed E-state index contributed by atoms with van der Waals surface area (Å²) in [5.74, 6) is 0.903. The van der Waals surface area contributed by atoms with Crippen LogP contribution in [0.5, 0.6) is 5.75 Å². The lowest BCUT2D eigenvalue weighted by atomic mass is 10.2. The van der Waals surface area contributed by atoms with Gasteiger partial charge in [-0.25, -0.2) is 9.97 Å². The van der Waals surface area contributed by atoms with Crippen molar-refractivity contribution in [2.24, 2.45) is 0 Å². The lowest BCUT2D eigenvalue weighted by molar-refractivity contribution is 0.432. The Bertz CT molecular complexity index is 667. The van der Waals surface area contributed by atoms with Crippen molar-refractivity contribution in [3.05, 3.63) is 43.0 Å². The smallest absolute Gasteiger partial charge is 0.261 e. The molecule has 1 aromatic carbocycles. The molecule has 0 bridgehead atoms. The molecule has 0 unspecified atom stereocenters. The maximum atomic E-state index is 9.39. The highest BCUT2D eigenvalue weighted by molar-refractivity contribution is 5.60. The molecule has 0 saturated carbocycles. The van der Waals surface area contributed by atoms with E-state index in [0.29, 0.717) is 22.8 Å². The Kier molecular flexibility index (Phi) is 2.45. The first-order chi connectivity index (χ1) is 8.83. The number of phenols is 1. The van der Waals surface area contributed by atoms with E-state index < -0.39 is 0 Å². The molecule has 0 aliphatic rings. The second kappa shape index (κ2) is 4.25. The number of benzene rings is 1. The molecule has 6 nitrogen and oxygen atoms in total. The van der Waals surface area contributed by atoms with Crippen LogP contribution in [0.1, 0.15) is 0 Å². The van der Waals surface area contributed by atoms with Crippen molar-refractivity contribution >= 4 is 0 Å². The zero-order chi connectivity index (χ0) is 12.4. The average Bonchev–Trinajstić information content (AvgIpc) is 2.89. The molecule has 0 aliphatic heterocycles. The molecule has 0 fully saturated rings. The van der Waals surface area contributed by atoms with E-state index in [9.17, 15) is 5.11 Å². The van der Waals surface area contributed by atoms with Crippen molar-refractivity contribution in [2.45, 2.75) is 0 Å². The number of hydrogen-bond acceptors (Lipinski definition) is 6. The van der Waals surface area contributed by atoms with Gasteiger partial charge in [-0.1, -0.05) is 17.3 Å². The third-order valence-corrected chi connectivity index (χ3v) is 2.34. The Balaban J connectivity index is 2.00. The molecule has 0 amide bonds. The predicted octanol–water partition coefficient (Wildman–Crippen LogP) is 1.90. The highest BCUT2D eigenvalue weighted by atomic mass is 16.5. The summed E-state index contributed by atoms with van der Waals surface area (Å²) in [7, 11) is 0. The molecule has 6 heteroatoms. The molecular weight excluding hydrogens is 232 g/mol. The number of nitrogens with zero attached hydrogens (tertiary/aromatic N) is 4. The van der Waals surface area contributed by atoms with Gasteiger partial charge in [-0.2, -0.15) is 4.98 Å². The summed E-state index contributed by atoms with van der Waals surface area (Å²) in [4.78, 5) is 12.0. The van der Waals surface area contributed by atoms with E-state index >= 15 is 0 Å². The molecule has 18 heavy (non-hydrogen) atoms. The van der Waals surface area contributed by atoms with Crippen molar-refractivity contribution in [3.63, 3.8) is 0 Å². The van der Waals surface area contributed by atoms with Gasteiger partial charge < -0.3 is 9.63 Å². The van der Waals surface area contributed by atoms with Crippen LogP contribution >= 0.6 is 0 Å². The van der Waals surface area contributed by atoms with Gasteiger partial charge in [0.1, 0.15) is 12.1 Å². The number of rotatable bonds is 2. The zero-order valence-corrected chi connectivity index (χ0v) is 9.19. The van der Waals surface area contributed by atoms with Gasteiger partial charge in [0, 0.05) is 18.0 Å². The molecule has 88 valence electrons. The summed E-state index contributed by atoms with van der Waals surface area (Å²) < 4.78 is 5.12. The topological polar surface area (TPSA) is 84.9 Å². The normalized spacial score (nSPS) is 10.4. The Morgan fingerprint density at radius 3 is 2.67 bits per heavy atom. The molecule has 2 heterocycles. The Labute approximate surface area is 102 Å². The van der Waals surface area contributed by atoms with Crippen LogP contribution in [0.4, 0.5) is 0 Å². The van der Waals surface area contributed by atoms with E-state index in [4.69, 9.17) is 4.52 Å². The van der Waals surface area contributed by atoms with E-state index in [1.807, 2.05) is 0 Å². The third-order valence-electron chi connectivity index (χ3n) is 2.34. The van der Waals surface area contributed by atoms with Crippen LogP contribution in [-0.2, 0) is 0 Å². The second-order valence-electron chi connectivity index (χ2n) is 3.60. The quantitative estimate of drug-likeness (QED) is 0.736. The van der Waals surface area contributed by atoms with E-state index in [1.165, 1.54) is 6.33 Å². The number of phenolic OH excluding ortho intramolecular Hbond substituents is 1. The Morgan fingerprint density at radius 1 is 1.06 bits per heavy atom. The van der Waals surface area contributed by atoms with Gasteiger partial charge in [-0.05, 0) is 12.1 Å². The van der Waals surface area contributed by atoms with E-state index in [2.05, 4.69) is 20.1 Å². The molecule has 0 spiro atoms. The van der Waals surface area contributed by atoms with Crippen molar-refractivity contribution in [1.82, 2.24) is 20.1 Å². The first-order valence-electron chi connectivity index (χ1n) is 5.21. The SMILES string of the molecule is Oc1cccc(-c2noc(-c3cncnc3)n2)c1. The lowest BCUT2D eigenvalue weighted by Gasteiger charge is -1.94. The van der Waals surface area contributed by atoms with E-state index in [-0.39, 0.29) is 5.75 Å². The molecule has 0 atom stereocenters. The first-order valence-corrected chi connectivity index (χ1v) is 5.21. The van der Waals surface area contributed by atoms with Crippen LogP contribution in [0.15, 0.2) is 47.5 Å². The molecule has 3 aromatic rings. The number of aromatic nitrogens is 4. The predicted molar refractivity (Wildman–Crippen MR) is 62.4 cm³/mol.